The Morgan fingerprint density at radius 3 is 2.75 bits per heavy atom. The fourth-order valence-corrected chi connectivity index (χ4v) is 4.19. The van der Waals surface area contributed by atoms with Crippen molar-refractivity contribution in [2.45, 2.75) is 25.9 Å². The van der Waals surface area contributed by atoms with Crippen LogP contribution in [-0.4, -0.2) is 44.5 Å². The normalized spacial score (nSPS) is 21.2. The van der Waals surface area contributed by atoms with Crippen molar-refractivity contribution < 1.29 is 17.6 Å². The zero-order valence-electron chi connectivity index (χ0n) is 11.7. The summed E-state index contributed by atoms with van der Waals surface area (Å²) in [7, 11) is -1.51. The molecule has 1 fully saturated rings. The van der Waals surface area contributed by atoms with Crippen molar-refractivity contribution >= 4 is 9.84 Å². The third kappa shape index (κ3) is 3.40. The van der Waals surface area contributed by atoms with Crippen LogP contribution in [0.15, 0.2) is 21.5 Å². The summed E-state index contributed by atoms with van der Waals surface area (Å²) in [5.41, 5.74) is -0.233. The zero-order chi connectivity index (χ0) is 14.8. The summed E-state index contributed by atoms with van der Waals surface area (Å²) in [6.45, 7) is 3.10. The molecule has 1 unspecified atom stereocenters. The van der Waals surface area contributed by atoms with E-state index >= 15 is 0 Å². The lowest BCUT2D eigenvalue weighted by Crippen LogP contribution is -2.35. The number of hydrogen-bond acceptors (Lipinski definition) is 6. The molecule has 0 radical (unpaired) electrons. The Kier molecular flexibility index (Phi) is 4.49. The SMILES string of the molecule is CCN(Cc1cc(=O)c(OC)co1)C1CCS(=O)(=O)C1. The van der Waals surface area contributed by atoms with E-state index in [4.69, 9.17) is 9.15 Å². The first-order chi connectivity index (χ1) is 9.45. The first-order valence-corrected chi connectivity index (χ1v) is 8.37. The van der Waals surface area contributed by atoms with Gasteiger partial charge in [0.25, 0.3) is 0 Å². The summed E-state index contributed by atoms with van der Waals surface area (Å²) in [5.74, 6) is 1.10. The number of ether oxygens (including phenoxy) is 1. The van der Waals surface area contributed by atoms with Crippen LogP contribution in [0, 0.1) is 0 Å². The molecule has 6 nitrogen and oxygen atoms in total. The van der Waals surface area contributed by atoms with E-state index in [-0.39, 0.29) is 28.7 Å². The Morgan fingerprint density at radius 1 is 1.50 bits per heavy atom. The van der Waals surface area contributed by atoms with Gasteiger partial charge in [-0.1, -0.05) is 6.92 Å². The molecule has 1 atom stereocenters. The third-order valence-corrected chi connectivity index (χ3v) is 5.31. The van der Waals surface area contributed by atoms with Crippen molar-refractivity contribution in [3.05, 3.63) is 28.3 Å². The summed E-state index contributed by atoms with van der Waals surface area (Å²) in [6.07, 6.45) is 1.92. The summed E-state index contributed by atoms with van der Waals surface area (Å²) in [4.78, 5) is 13.7. The van der Waals surface area contributed by atoms with E-state index in [0.717, 1.165) is 0 Å². The lowest BCUT2D eigenvalue weighted by atomic mass is 10.2. The van der Waals surface area contributed by atoms with Gasteiger partial charge in [-0.25, -0.2) is 8.42 Å². The Labute approximate surface area is 118 Å². The highest BCUT2D eigenvalue weighted by Gasteiger charge is 2.31. The molecule has 0 aromatic carbocycles. The molecule has 0 aliphatic carbocycles. The molecule has 112 valence electrons. The average Bonchev–Trinajstić information content (AvgIpc) is 2.76. The molecule has 1 saturated heterocycles. The molecule has 0 amide bonds. The first-order valence-electron chi connectivity index (χ1n) is 6.55. The first kappa shape index (κ1) is 15.1. The van der Waals surface area contributed by atoms with Crippen molar-refractivity contribution in [2.24, 2.45) is 0 Å². The number of methoxy groups -OCH3 is 1. The second kappa shape index (κ2) is 5.97. The van der Waals surface area contributed by atoms with E-state index < -0.39 is 9.84 Å². The molecule has 20 heavy (non-hydrogen) atoms. The van der Waals surface area contributed by atoms with Crippen LogP contribution in [0.4, 0.5) is 0 Å². The van der Waals surface area contributed by atoms with Crippen LogP contribution in [0.3, 0.4) is 0 Å². The highest BCUT2D eigenvalue weighted by atomic mass is 32.2. The summed E-state index contributed by atoms with van der Waals surface area (Å²) in [5, 5.41) is 0. The highest BCUT2D eigenvalue weighted by Crippen LogP contribution is 2.19. The molecular weight excluding hydrogens is 282 g/mol. The maximum atomic E-state index is 11.7. The van der Waals surface area contributed by atoms with E-state index in [0.29, 0.717) is 25.3 Å². The van der Waals surface area contributed by atoms with Crippen molar-refractivity contribution in [1.82, 2.24) is 4.90 Å². The minimum atomic E-state index is -2.92. The van der Waals surface area contributed by atoms with Crippen molar-refractivity contribution in [2.75, 3.05) is 25.2 Å². The van der Waals surface area contributed by atoms with Gasteiger partial charge in [-0.15, -0.1) is 0 Å². The van der Waals surface area contributed by atoms with Gasteiger partial charge in [0, 0.05) is 12.1 Å². The van der Waals surface area contributed by atoms with Gasteiger partial charge >= 0.3 is 0 Å². The second-order valence-corrected chi connectivity index (χ2v) is 7.13. The lowest BCUT2D eigenvalue weighted by Gasteiger charge is -2.25. The highest BCUT2D eigenvalue weighted by molar-refractivity contribution is 7.91. The van der Waals surface area contributed by atoms with Crippen LogP contribution in [0.5, 0.6) is 5.75 Å². The quantitative estimate of drug-likeness (QED) is 0.795. The molecule has 7 heteroatoms. The van der Waals surface area contributed by atoms with E-state index in [9.17, 15) is 13.2 Å². The van der Waals surface area contributed by atoms with Crippen LogP contribution in [0.25, 0.3) is 0 Å². The molecule has 1 aliphatic rings. The third-order valence-electron chi connectivity index (χ3n) is 3.56. The Balaban J connectivity index is 2.11. The molecule has 0 bridgehead atoms. The molecule has 1 aliphatic heterocycles. The second-order valence-electron chi connectivity index (χ2n) is 4.90. The molecular formula is C13H19NO5S. The van der Waals surface area contributed by atoms with E-state index in [1.165, 1.54) is 19.4 Å². The maximum absolute atomic E-state index is 11.7. The van der Waals surface area contributed by atoms with Gasteiger partial charge < -0.3 is 9.15 Å². The van der Waals surface area contributed by atoms with Crippen molar-refractivity contribution in [3.8, 4) is 5.75 Å². The monoisotopic (exact) mass is 301 g/mol. The average molecular weight is 301 g/mol. The zero-order valence-corrected chi connectivity index (χ0v) is 12.5. The minimum Gasteiger partial charge on any atom is -0.490 e. The lowest BCUT2D eigenvalue weighted by molar-refractivity contribution is 0.195. The number of nitrogens with zero attached hydrogens (tertiary/aromatic N) is 1. The summed E-state index contributed by atoms with van der Waals surface area (Å²) < 4.78 is 33.3. The van der Waals surface area contributed by atoms with Gasteiger partial charge in [0.05, 0.1) is 25.2 Å². The molecule has 1 aromatic heterocycles. The summed E-state index contributed by atoms with van der Waals surface area (Å²) in [6, 6.07) is 1.39. The fourth-order valence-electron chi connectivity index (χ4n) is 2.43. The van der Waals surface area contributed by atoms with E-state index in [1.54, 1.807) is 0 Å². The van der Waals surface area contributed by atoms with Crippen LogP contribution in [0.1, 0.15) is 19.1 Å². The molecule has 1 aromatic rings. The van der Waals surface area contributed by atoms with Gasteiger partial charge in [-0.2, -0.15) is 0 Å². The van der Waals surface area contributed by atoms with Crippen molar-refractivity contribution in [1.29, 1.82) is 0 Å². The standard InChI is InChI=1S/C13H19NO5S/c1-3-14(10-4-5-20(16,17)9-10)7-11-6-12(15)13(18-2)8-19-11/h6,8,10H,3-5,7,9H2,1-2H3. The van der Waals surface area contributed by atoms with Gasteiger partial charge in [-0.05, 0) is 13.0 Å². The molecule has 2 heterocycles. The predicted octanol–water partition coefficient (Wildman–Crippen LogP) is 0.657. The molecule has 0 N–H and O–H groups in total. The van der Waals surface area contributed by atoms with Crippen LogP contribution < -0.4 is 10.2 Å². The Hall–Kier alpha value is -1.34. The van der Waals surface area contributed by atoms with E-state index in [1.807, 2.05) is 11.8 Å². The van der Waals surface area contributed by atoms with Gasteiger partial charge in [0.15, 0.2) is 9.84 Å². The topological polar surface area (TPSA) is 76.8 Å². The maximum Gasteiger partial charge on any atom is 0.227 e. The number of sulfone groups is 1. The van der Waals surface area contributed by atoms with Crippen LogP contribution >= 0.6 is 0 Å². The number of rotatable bonds is 5. The molecule has 0 saturated carbocycles. The van der Waals surface area contributed by atoms with Crippen molar-refractivity contribution in [3.63, 3.8) is 0 Å². The largest absolute Gasteiger partial charge is 0.490 e. The van der Waals surface area contributed by atoms with Gasteiger partial charge in [0.1, 0.15) is 12.0 Å². The number of hydrogen-bond donors (Lipinski definition) is 0. The van der Waals surface area contributed by atoms with Gasteiger partial charge in [0.2, 0.25) is 11.2 Å². The fraction of sp³-hybridized carbons (Fsp3) is 0.615. The van der Waals surface area contributed by atoms with Crippen LogP contribution in [-0.2, 0) is 16.4 Å². The predicted molar refractivity (Wildman–Crippen MR) is 74.7 cm³/mol. The molecule has 2 rings (SSSR count). The Morgan fingerprint density at radius 2 is 2.25 bits per heavy atom. The smallest absolute Gasteiger partial charge is 0.227 e. The van der Waals surface area contributed by atoms with Gasteiger partial charge in [-0.3, -0.25) is 9.69 Å². The van der Waals surface area contributed by atoms with Crippen LogP contribution in [0.2, 0.25) is 0 Å². The molecule has 0 spiro atoms. The Bertz CT molecular complexity index is 622. The van der Waals surface area contributed by atoms with E-state index in [2.05, 4.69) is 0 Å². The minimum absolute atomic E-state index is 0.00240. The summed E-state index contributed by atoms with van der Waals surface area (Å²) >= 11 is 0.